The van der Waals surface area contributed by atoms with Gasteiger partial charge in [0.15, 0.2) is 0 Å². The Hall–Kier alpha value is -1.39. The number of hydrogen-bond acceptors (Lipinski definition) is 2. The largest absolute Gasteiger partial charge is 0.277 e. The molecule has 1 saturated heterocycles. The van der Waals surface area contributed by atoms with E-state index in [1.165, 1.54) is 5.06 Å². The van der Waals surface area contributed by atoms with Crippen LogP contribution >= 0.6 is 15.9 Å². The summed E-state index contributed by atoms with van der Waals surface area (Å²) < 4.78 is 1.04. The lowest BCUT2D eigenvalue weighted by Crippen LogP contribution is -2.35. The van der Waals surface area contributed by atoms with Crippen LogP contribution in [0.2, 0.25) is 0 Å². The second-order valence-corrected chi connectivity index (χ2v) is 5.57. The Balaban J connectivity index is 1.92. The van der Waals surface area contributed by atoms with Crippen molar-refractivity contribution in [2.45, 2.75) is 12.8 Å². The summed E-state index contributed by atoms with van der Waals surface area (Å²) >= 11 is 3.45. The summed E-state index contributed by atoms with van der Waals surface area (Å²) in [6.45, 7) is 1.31. The number of rotatable bonds is 1. The van der Waals surface area contributed by atoms with Crippen LogP contribution in [0.15, 0.2) is 40.9 Å². The lowest BCUT2D eigenvalue weighted by molar-refractivity contribution is -0.144. The first kappa shape index (κ1) is 12.6. The molecule has 0 radical (unpaired) electrons. The van der Waals surface area contributed by atoms with Gasteiger partial charge in [0, 0.05) is 16.6 Å². The molecule has 2 aromatic carbocycles. The third kappa shape index (κ3) is 2.65. The highest BCUT2D eigenvalue weighted by Gasteiger charge is 2.19. The van der Waals surface area contributed by atoms with E-state index in [-0.39, 0.29) is 5.91 Å². The molecule has 19 heavy (non-hydrogen) atoms. The quantitative estimate of drug-likeness (QED) is 0.800. The maximum absolute atomic E-state index is 12.3. The zero-order chi connectivity index (χ0) is 13.2. The van der Waals surface area contributed by atoms with Gasteiger partial charge in [0.1, 0.15) is 0 Å². The minimum atomic E-state index is -0.0514. The fourth-order valence-corrected chi connectivity index (χ4v) is 2.63. The molecule has 1 fully saturated rings. The molecular formula is C15H14BrNO2. The molecule has 0 atom stereocenters. The second-order valence-electron chi connectivity index (χ2n) is 4.65. The topological polar surface area (TPSA) is 29.5 Å². The van der Waals surface area contributed by atoms with Crippen LogP contribution in [0.3, 0.4) is 0 Å². The van der Waals surface area contributed by atoms with Crippen LogP contribution in [-0.4, -0.2) is 24.1 Å². The van der Waals surface area contributed by atoms with Crippen molar-refractivity contribution in [2.24, 2.45) is 0 Å². The van der Waals surface area contributed by atoms with E-state index in [0.29, 0.717) is 18.7 Å². The number of hydrogen-bond donors (Lipinski definition) is 0. The summed E-state index contributed by atoms with van der Waals surface area (Å²) in [5.74, 6) is -0.0514. The third-order valence-electron chi connectivity index (χ3n) is 3.28. The van der Waals surface area contributed by atoms with Crippen molar-refractivity contribution >= 4 is 32.6 Å². The van der Waals surface area contributed by atoms with Crippen molar-refractivity contribution in [1.29, 1.82) is 0 Å². The number of carbonyl (C=O) groups is 1. The van der Waals surface area contributed by atoms with E-state index in [4.69, 9.17) is 4.84 Å². The molecule has 0 unspecified atom stereocenters. The first-order valence-corrected chi connectivity index (χ1v) is 7.17. The number of fused-ring (bicyclic) bond motifs is 1. The Bertz CT molecular complexity index is 621. The normalized spacial score (nSPS) is 15.7. The highest BCUT2D eigenvalue weighted by molar-refractivity contribution is 9.10. The van der Waals surface area contributed by atoms with Crippen LogP contribution in [-0.2, 0) is 4.84 Å². The van der Waals surface area contributed by atoms with E-state index in [9.17, 15) is 4.79 Å². The van der Waals surface area contributed by atoms with Crippen molar-refractivity contribution in [1.82, 2.24) is 5.06 Å². The van der Waals surface area contributed by atoms with Crippen LogP contribution in [0.25, 0.3) is 10.8 Å². The fraction of sp³-hybridized carbons (Fsp3) is 0.267. The van der Waals surface area contributed by atoms with Gasteiger partial charge < -0.3 is 0 Å². The SMILES string of the molecule is O=C(c1ccc2cc(Br)ccc2c1)N1CCCCO1. The van der Waals surface area contributed by atoms with E-state index in [2.05, 4.69) is 15.9 Å². The van der Waals surface area contributed by atoms with Crippen molar-refractivity contribution in [3.63, 3.8) is 0 Å². The molecule has 0 N–H and O–H groups in total. The standard InChI is InChI=1S/C15H14BrNO2/c16-14-6-5-11-9-13(4-3-12(11)10-14)15(18)17-7-1-2-8-19-17/h3-6,9-10H,1-2,7-8H2. The second kappa shape index (κ2) is 5.31. The number of nitrogens with zero attached hydrogens (tertiary/aromatic N) is 1. The van der Waals surface area contributed by atoms with Crippen molar-refractivity contribution in [3.8, 4) is 0 Å². The van der Waals surface area contributed by atoms with Crippen molar-refractivity contribution < 1.29 is 9.63 Å². The molecule has 2 aromatic rings. The molecule has 0 spiro atoms. The average Bonchev–Trinajstić information content (AvgIpc) is 2.47. The molecule has 1 amide bonds. The first-order valence-electron chi connectivity index (χ1n) is 6.38. The number of carbonyl (C=O) groups excluding carboxylic acids is 1. The third-order valence-corrected chi connectivity index (χ3v) is 3.77. The Labute approximate surface area is 120 Å². The van der Waals surface area contributed by atoms with Gasteiger partial charge in [0.05, 0.1) is 6.61 Å². The summed E-state index contributed by atoms with van der Waals surface area (Å²) in [5, 5.41) is 3.65. The van der Waals surface area contributed by atoms with Gasteiger partial charge in [-0.3, -0.25) is 9.63 Å². The minimum absolute atomic E-state index is 0.0514. The highest BCUT2D eigenvalue weighted by atomic mass is 79.9. The van der Waals surface area contributed by atoms with Gasteiger partial charge in [-0.2, -0.15) is 0 Å². The Morgan fingerprint density at radius 2 is 1.89 bits per heavy atom. The predicted octanol–water partition coefficient (Wildman–Crippen LogP) is 3.77. The smallest absolute Gasteiger partial charge is 0.271 e. The summed E-state index contributed by atoms with van der Waals surface area (Å²) in [7, 11) is 0. The van der Waals surface area contributed by atoms with E-state index in [1.54, 1.807) is 0 Å². The van der Waals surface area contributed by atoms with Crippen molar-refractivity contribution in [2.75, 3.05) is 13.2 Å². The zero-order valence-electron chi connectivity index (χ0n) is 10.4. The number of hydroxylamine groups is 2. The molecule has 98 valence electrons. The lowest BCUT2D eigenvalue weighted by Gasteiger charge is -2.25. The summed E-state index contributed by atoms with van der Waals surface area (Å²) in [6, 6.07) is 11.8. The van der Waals surface area contributed by atoms with E-state index >= 15 is 0 Å². The van der Waals surface area contributed by atoms with Gasteiger partial charge in [-0.15, -0.1) is 0 Å². The van der Waals surface area contributed by atoms with Gasteiger partial charge in [-0.05, 0) is 47.9 Å². The van der Waals surface area contributed by atoms with E-state index in [0.717, 1.165) is 28.1 Å². The molecule has 3 rings (SSSR count). The van der Waals surface area contributed by atoms with Crippen LogP contribution in [0.4, 0.5) is 0 Å². The Kier molecular flexibility index (Phi) is 3.53. The maximum atomic E-state index is 12.3. The number of halogens is 1. The monoisotopic (exact) mass is 319 g/mol. The molecule has 0 saturated carbocycles. The first-order chi connectivity index (χ1) is 9.24. The maximum Gasteiger partial charge on any atom is 0.277 e. The fourth-order valence-electron chi connectivity index (χ4n) is 2.25. The van der Waals surface area contributed by atoms with E-state index in [1.807, 2.05) is 36.4 Å². The van der Waals surface area contributed by atoms with Crippen LogP contribution in [0.1, 0.15) is 23.2 Å². The number of amides is 1. The molecule has 0 aliphatic carbocycles. The Morgan fingerprint density at radius 3 is 2.68 bits per heavy atom. The molecular weight excluding hydrogens is 306 g/mol. The molecule has 4 heteroatoms. The summed E-state index contributed by atoms with van der Waals surface area (Å²) in [6.07, 6.45) is 2.03. The molecule has 1 heterocycles. The minimum Gasteiger partial charge on any atom is -0.271 e. The highest BCUT2D eigenvalue weighted by Crippen LogP contribution is 2.22. The van der Waals surface area contributed by atoms with Gasteiger partial charge in [0.2, 0.25) is 0 Å². The van der Waals surface area contributed by atoms with Crippen molar-refractivity contribution in [3.05, 3.63) is 46.4 Å². The number of benzene rings is 2. The summed E-state index contributed by atoms with van der Waals surface area (Å²) in [4.78, 5) is 17.7. The van der Waals surface area contributed by atoms with Crippen LogP contribution in [0, 0.1) is 0 Å². The van der Waals surface area contributed by atoms with E-state index < -0.39 is 0 Å². The zero-order valence-corrected chi connectivity index (χ0v) is 12.0. The summed E-state index contributed by atoms with van der Waals surface area (Å²) in [5.41, 5.74) is 0.678. The van der Waals surface area contributed by atoms with Crippen LogP contribution in [0.5, 0.6) is 0 Å². The van der Waals surface area contributed by atoms with Gasteiger partial charge in [-0.25, -0.2) is 5.06 Å². The molecule has 1 aliphatic rings. The van der Waals surface area contributed by atoms with Gasteiger partial charge in [-0.1, -0.05) is 28.1 Å². The molecule has 0 aromatic heterocycles. The molecule has 3 nitrogen and oxygen atoms in total. The van der Waals surface area contributed by atoms with Gasteiger partial charge >= 0.3 is 0 Å². The average molecular weight is 320 g/mol. The predicted molar refractivity (Wildman–Crippen MR) is 77.9 cm³/mol. The molecule has 1 aliphatic heterocycles. The van der Waals surface area contributed by atoms with Gasteiger partial charge in [0.25, 0.3) is 5.91 Å². The molecule has 0 bridgehead atoms. The lowest BCUT2D eigenvalue weighted by atomic mass is 10.1. The van der Waals surface area contributed by atoms with Crippen LogP contribution < -0.4 is 0 Å². The Morgan fingerprint density at radius 1 is 1.11 bits per heavy atom.